The van der Waals surface area contributed by atoms with Gasteiger partial charge < -0.3 is 14.9 Å². The van der Waals surface area contributed by atoms with Crippen LogP contribution in [0, 0.1) is 0 Å². The molecule has 0 atom stereocenters. The number of aromatic hydroxyl groups is 1. The lowest BCUT2D eigenvalue weighted by Crippen LogP contribution is -2.02. The molecule has 4 heteroatoms. The van der Waals surface area contributed by atoms with Crippen molar-refractivity contribution < 1.29 is 19.7 Å². The molecular weight excluding hydrogens is 184 g/mol. The molecule has 0 saturated heterocycles. The zero-order valence-corrected chi connectivity index (χ0v) is 7.86. The molecule has 0 aromatic heterocycles. The van der Waals surface area contributed by atoms with Crippen molar-refractivity contribution in [1.29, 1.82) is 0 Å². The van der Waals surface area contributed by atoms with E-state index >= 15 is 0 Å². The molecule has 0 aliphatic heterocycles. The lowest BCUT2D eigenvalue weighted by Gasteiger charge is -2.06. The van der Waals surface area contributed by atoms with Gasteiger partial charge in [0.1, 0.15) is 18.1 Å². The SMILES string of the molecule is CC(=O)c1cc(O)cc(OCCO)c1. The van der Waals surface area contributed by atoms with Crippen LogP contribution in [0.3, 0.4) is 0 Å². The van der Waals surface area contributed by atoms with Gasteiger partial charge in [-0.15, -0.1) is 0 Å². The van der Waals surface area contributed by atoms with Crippen molar-refractivity contribution in [3.63, 3.8) is 0 Å². The van der Waals surface area contributed by atoms with E-state index in [4.69, 9.17) is 9.84 Å². The molecule has 1 rings (SSSR count). The van der Waals surface area contributed by atoms with E-state index in [-0.39, 0.29) is 24.7 Å². The molecule has 0 spiro atoms. The topological polar surface area (TPSA) is 66.8 Å². The van der Waals surface area contributed by atoms with Crippen molar-refractivity contribution in [1.82, 2.24) is 0 Å². The summed E-state index contributed by atoms with van der Waals surface area (Å²) in [5.41, 5.74) is 0.387. The molecule has 0 fully saturated rings. The number of benzene rings is 1. The van der Waals surface area contributed by atoms with E-state index in [0.29, 0.717) is 11.3 Å². The summed E-state index contributed by atoms with van der Waals surface area (Å²) < 4.78 is 5.06. The van der Waals surface area contributed by atoms with Crippen LogP contribution >= 0.6 is 0 Å². The number of aliphatic hydroxyl groups excluding tert-OH is 1. The van der Waals surface area contributed by atoms with Gasteiger partial charge in [-0.05, 0) is 19.1 Å². The lowest BCUT2D eigenvalue weighted by molar-refractivity contribution is 0.101. The summed E-state index contributed by atoms with van der Waals surface area (Å²) in [7, 11) is 0. The van der Waals surface area contributed by atoms with Gasteiger partial charge in [0, 0.05) is 11.6 Å². The fourth-order valence-corrected chi connectivity index (χ4v) is 1.03. The highest BCUT2D eigenvalue weighted by Crippen LogP contribution is 2.21. The smallest absolute Gasteiger partial charge is 0.160 e. The van der Waals surface area contributed by atoms with Crippen LogP contribution in [0.5, 0.6) is 11.5 Å². The Morgan fingerprint density at radius 1 is 1.43 bits per heavy atom. The normalized spacial score (nSPS) is 9.86. The summed E-state index contributed by atoms with van der Waals surface area (Å²) in [4.78, 5) is 11.0. The van der Waals surface area contributed by atoms with Gasteiger partial charge in [-0.3, -0.25) is 4.79 Å². The zero-order chi connectivity index (χ0) is 10.6. The second-order valence-electron chi connectivity index (χ2n) is 2.84. The Morgan fingerprint density at radius 3 is 2.71 bits per heavy atom. The number of ketones is 1. The predicted molar refractivity (Wildman–Crippen MR) is 50.7 cm³/mol. The molecule has 0 unspecified atom stereocenters. The summed E-state index contributed by atoms with van der Waals surface area (Å²) in [5.74, 6) is 0.213. The van der Waals surface area contributed by atoms with E-state index in [1.165, 1.54) is 25.1 Å². The lowest BCUT2D eigenvalue weighted by atomic mass is 10.1. The molecular formula is C10H12O4. The maximum Gasteiger partial charge on any atom is 0.160 e. The molecule has 4 nitrogen and oxygen atoms in total. The van der Waals surface area contributed by atoms with Crippen LogP contribution in [-0.4, -0.2) is 29.2 Å². The molecule has 0 saturated carbocycles. The maximum absolute atomic E-state index is 11.0. The van der Waals surface area contributed by atoms with Crippen molar-refractivity contribution in [2.24, 2.45) is 0 Å². The number of phenolic OH excluding ortho intramolecular Hbond substituents is 1. The fourth-order valence-electron chi connectivity index (χ4n) is 1.03. The molecule has 1 aromatic carbocycles. The minimum absolute atomic E-state index is 0.0226. The first-order valence-corrected chi connectivity index (χ1v) is 4.22. The average molecular weight is 196 g/mol. The quantitative estimate of drug-likeness (QED) is 0.704. The standard InChI is InChI=1S/C10H12O4/c1-7(12)8-4-9(13)6-10(5-8)14-3-2-11/h4-6,11,13H,2-3H2,1H3. The van der Waals surface area contributed by atoms with E-state index in [1.807, 2.05) is 0 Å². The Kier molecular flexibility index (Phi) is 3.48. The van der Waals surface area contributed by atoms with Crippen molar-refractivity contribution in [2.45, 2.75) is 6.92 Å². The second kappa shape index (κ2) is 4.62. The van der Waals surface area contributed by atoms with Crippen LogP contribution in [0.1, 0.15) is 17.3 Å². The van der Waals surface area contributed by atoms with E-state index in [0.717, 1.165) is 0 Å². The average Bonchev–Trinajstić information content (AvgIpc) is 2.14. The number of phenols is 1. The first-order chi connectivity index (χ1) is 6.63. The molecule has 14 heavy (non-hydrogen) atoms. The van der Waals surface area contributed by atoms with Gasteiger partial charge >= 0.3 is 0 Å². The fraction of sp³-hybridized carbons (Fsp3) is 0.300. The number of Topliss-reactive ketones (excluding diaryl/α,β-unsaturated/α-hetero) is 1. The Bertz CT molecular complexity index is 333. The Balaban J connectivity index is 2.89. The van der Waals surface area contributed by atoms with Gasteiger partial charge in [-0.25, -0.2) is 0 Å². The molecule has 0 bridgehead atoms. The minimum Gasteiger partial charge on any atom is -0.508 e. The second-order valence-corrected chi connectivity index (χ2v) is 2.84. The number of carbonyl (C=O) groups is 1. The zero-order valence-electron chi connectivity index (χ0n) is 7.86. The molecule has 0 aliphatic carbocycles. The molecule has 76 valence electrons. The van der Waals surface area contributed by atoms with E-state index < -0.39 is 0 Å². The number of aliphatic hydroxyl groups is 1. The van der Waals surface area contributed by atoms with Gasteiger partial charge in [0.2, 0.25) is 0 Å². The van der Waals surface area contributed by atoms with Crippen LogP contribution in [-0.2, 0) is 0 Å². The summed E-state index contributed by atoms with van der Waals surface area (Å²) in [6.07, 6.45) is 0. The Morgan fingerprint density at radius 2 is 2.14 bits per heavy atom. The maximum atomic E-state index is 11.0. The van der Waals surface area contributed by atoms with Crippen LogP contribution in [0.2, 0.25) is 0 Å². The first-order valence-electron chi connectivity index (χ1n) is 4.22. The van der Waals surface area contributed by atoms with Gasteiger partial charge in [0.15, 0.2) is 5.78 Å². The Hall–Kier alpha value is -1.55. The number of ether oxygens (including phenoxy) is 1. The number of rotatable bonds is 4. The number of carbonyl (C=O) groups excluding carboxylic acids is 1. The molecule has 0 amide bonds. The van der Waals surface area contributed by atoms with Crippen LogP contribution in [0.4, 0.5) is 0 Å². The summed E-state index contributed by atoms with van der Waals surface area (Å²) >= 11 is 0. The van der Waals surface area contributed by atoms with Crippen molar-refractivity contribution in [2.75, 3.05) is 13.2 Å². The van der Waals surface area contributed by atoms with Gasteiger partial charge in [0.05, 0.1) is 6.61 Å². The predicted octanol–water partition coefficient (Wildman–Crippen LogP) is 0.966. The summed E-state index contributed by atoms with van der Waals surface area (Å²) in [5, 5.41) is 17.8. The third-order valence-electron chi connectivity index (χ3n) is 1.66. The van der Waals surface area contributed by atoms with Crippen LogP contribution in [0.25, 0.3) is 0 Å². The third kappa shape index (κ3) is 2.74. The third-order valence-corrected chi connectivity index (χ3v) is 1.66. The molecule has 2 N–H and O–H groups in total. The van der Waals surface area contributed by atoms with Gasteiger partial charge in [-0.2, -0.15) is 0 Å². The van der Waals surface area contributed by atoms with Gasteiger partial charge in [-0.1, -0.05) is 0 Å². The highest BCUT2D eigenvalue weighted by atomic mass is 16.5. The van der Waals surface area contributed by atoms with Gasteiger partial charge in [0.25, 0.3) is 0 Å². The monoisotopic (exact) mass is 196 g/mol. The minimum atomic E-state index is -0.144. The number of hydrogen-bond donors (Lipinski definition) is 2. The van der Waals surface area contributed by atoms with E-state index in [1.54, 1.807) is 0 Å². The highest BCUT2D eigenvalue weighted by molar-refractivity contribution is 5.94. The molecule has 0 aliphatic rings. The van der Waals surface area contributed by atoms with Crippen LogP contribution < -0.4 is 4.74 Å². The largest absolute Gasteiger partial charge is 0.508 e. The van der Waals surface area contributed by atoms with Crippen molar-refractivity contribution >= 4 is 5.78 Å². The molecule has 1 aromatic rings. The molecule has 0 radical (unpaired) electrons. The molecule has 0 heterocycles. The number of hydrogen-bond acceptors (Lipinski definition) is 4. The summed E-state index contributed by atoms with van der Waals surface area (Å²) in [6.45, 7) is 1.44. The van der Waals surface area contributed by atoms with Crippen LogP contribution in [0.15, 0.2) is 18.2 Å². The Labute approximate surface area is 81.8 Å². The summed E-state index contributed by atoms with van der Waals surface area (Å²) in [6, 6.07) is 4.29. The van der Waals surface area contributed by atoms with E-state index in [9.17, 15) is 9.90 Å². The van der Waals surface area contributed by atoms with Crippen molar-refractivity contribution in [3.05, 3.63) is 23.8 Å². The van der Waals surface area contributed by atoms with E-state index in [2.05, 4.69) is 0 Å². The van der Waals surface area contributed by atoms with Crippen molar-refractivity contribution in [3.8, 4) is 11.5 Å². The first kappa shape index (κ1) is 10.5. The highest BCUT2D eigenvalue weighted by Gasteiger charge is 2.04.